The first kappa shape index (κ1) is 17.0. The molecular formula is C19H16Cl2O3. The van der Waals surface area contributed by atoms with Crippen LogP contribution >= 0.6 is 23.2 Å². The topological polar surface area (TPSA) is 43.4 Å². The first-order valence-electron chi connectivity index (χ1n) is 7.78. The standard InChI is InChI=1S/C19H16Cl2O3/c1-11(24-19(23)17-15(20)6-3-7-16(17)21)18(22)14-9-8-12-4-2-5-13(12)10-14/h3,6-11H,2,4-5H2,1H3/t11-/m0/s1. The second-order valence-electron chi connectivity index (χ2n) is 5.85. The molecule has 0 saturated carbocycles. The number of aryl methyl sites for hydroxylation is 2. The quantitative estimate of drug-likeness (QED) is 0.573. The van der Waals surface area contributed by atoms with Gasteiger partial charge in [0.2, 0.25) is 5.78 Å². The van der Waals surface area contributed by atoms with E-state index in [0.717, 1.165) is 19.3 Å². The number of ether oxygens (including phenoxy) is 1. The van der Waals surface area contributed by atoms with Crippen LogP contribution in [0, 0.1) is 0 Å². The second-order valence-corrected chi connectivity index (χ2v) is 6.66. The van der Waals surface area contributed by atoms with Crippen molar-refractivity contribution >= 4 is 35.0 Å². The number of ketones is 1. The molecule has 0 amide bonds. The minimum atomic E-state index is -0.913. The largest absolute Gasteiger partial charge is 0.451 e. The molecule has 1 aliphatic rings. The number of Topliss-reactive ketones (excluding diaryl/α,β-unsaturated/α-hetero) is 1. The average Bonchev–Trinajstić information content (AvgIpc) is 3.01. The predicted octanol–water partition coefficient (Wildman–Crippen LogP) is 4.91. The summed E-state index contributed by atoms with van der Waals surface area (Å²) in [5, 5.41) is 0.398. The zero-order chi connectivity index (χ0) is 17.3. The molecule has 0 aliphatic heterocycles. The van der Waals surface area contributed by atoms with Gasteiger partial charge in [-0.05, 0) is 55.5 Å². The number of carbonyl (C=O) groups excluding carboxylic acids is 2. The molecule has 24 heavy (non-hydrogen) atoms. The summed E-state index contributed by atoms with van der Waals surface area (Å²) in [6.45, 7) is 1.55. The Kier molecular flexibility index (Phi) is 4.93. The van der Waals surface area contributed by atoms with Crippen LogP contribution in [0.5, 0.6) is 0 Å². The van der Waals surface area contributed by atoms with Crippen molar-refractivity contribution in [2.24, 2.45) is 0 Å². The van der Waals surface area contributed by atoms with Gasteiger partial charge in [0.15, 0.2) is 6.10 Å². The monoisotopic (exact) mass is 362 g/mol. The maximum Gasteiger partial charge on any atom is 0.341 e. The summed E-state index contributed by atoms with van der Waals surface area (Å²) in [4.78, 5) is 24.8. The third kappa shape index (κ3) is 3.33. The van der Waals surface area contributed by atoms with E-state index in [9.17, 15) is 9.59 Å². The van der Waals surface area contributed by atoms with E-state index >= 15 is 0 Å². The van der Waals surface area contributed by atoms with Gasteiger partial charge in [0, 0.05) is 5.56 Å². The Hall–Kier alpha value is -1.84. The maximum absolute atomic E-state index is 12.5. The highest BCUT2D eigenvalue weighted by Crippen LogP contribution is 2.26. The molecule has 0 saturated heterocycles. The van der Waals surface area contributed by atoms with Gasteiger partial charge in [-0.3, -0.25) is 4.79 Å². The van der Waals surface area contributed by atoms with E-state index in [4.69, 9.17) is 27.9 Å². The molecule has 2 aromatic carbocycles. The van der Waals surface area contributed by atoms with Crippen LogP contribution < -0.4 is 0 Å². The molecule has 5 heteroatoms. The number of carbonyl (C=O) groups is 2. The van der Waals surface area contributed by atoms with Crippen molar-refractivity contribution in [3.8, 4) is 0 Å². The summed E-state index contributed by atoms with van der Waals surface area (Å²) in [6, 6.07) is 10.4. The third-order valence-corrected chi connectivity index (χ3v) is 4.83. The van der Waals surface area contributed by atoms with E-state index in [1.807, 2.05) is 12.1 Å². The van der Waals surface area contributed by atoms with Gasteiger partial charge in [0.25, 0.3) is 0 Å². The van der Waals surface area contributed by atoms with E-state index < -0.39 is 12.1 Å². The minimum Gasteiger partial charge on any atom is -0.451 e. The Morgan fingerprint density at radius 2 is 1.71 bits per heavy atom. The Balaban J connectivity index is 1.76. The summed E-state index contributed by atoms with van der Waals surface area (Å²) < 4.78 is 5.28. The van der Waals surface area contributed by atoms with E-state index in [1.165, 1.54) is 11.1 Å². The molecule has 0 N–H and O–H groups in total. The molecule has 0 radical (unpaired) electrons. The number of benzene rings is 2. The average molecular weight is 363 g/mol. The first-order valence-corrected chi connectivity index (χ1v) is 8.54. The predicted molar refractivity (Wildman–Crippen MR) is 94.1 cm³/mol. The normalized spacial score (nSPS) is 14.1. The van der Waals surface area contributed by atoms with Gasteiger partial charge in [0.05, 0.1) is 15.6 Å². The van der Waals surface area contributed by atoms with Crippen molar-refractivity contribution in [2.75, 3.05) is 0 Å². The summed E-state index contributed by atoms with van der Waals surface area (Å²) in [5.41, 5.74) is 3.13. The zero-order valence-corrected chi connectivity index (χ0v) is 14.7. The Bertz CT molecular complexity index is 794. The molecule has 1 atom stereocenters. The molecule has 1 aliphatic carbocycles. The lowest BCUT2D eigenvalue weighted by Gasteiger charge is -2.14. The molecule has 0 spiro atoms. The molecule has 124 valence electrons. The van der Waals surface area contributed by atoms with Crippen LogP contribution in [0.15, 0.2) is 36.4 Å². The first-order chi connectivity index (χ1) is 11.5. The molecule has 0 bridgehead atoms. The lowest BCUT2D eigenvalue weighted by Crippen LogP contribution is -2.25. The summed E-state index contributed by atoms with van der Waals surface area (Å²) >= 11 is 12.0. The molecular weight excluding hydrogens is 347 g/mol. The van der Waals surface area contributed by atoms with Gasteiger partial charge in [-0.1, -0.05) is 41.4 Å². The van der Waals surface area contributed by atoms with Crippen LogP contribution in [0.3, 0.4) is 0 Å². The molecule has 3 nitrogen and oxygen atoms in total. The van der Waals surface area contributed by atoms with E-state index in [1.54, 1.807) is 31.2 Å². The number of hydrogen-bond acceptors (Lipinski definition) is 3. The van der Waals surface area contributed by atoms with Crippen LogP contribution in [-0.2, 0) is 17.6 Å². The number of hydrogen-bond donors (Lipinski definition) is 0. The Morgan fingerprint density at radius 1 is 1.04 bits per heavy atom. The Morgan fingerprint density at radius 3 is 2.42 bits per heavy atom. The van der Waals surface area contributed by atoms with Crippen LogP contribution in [0.4, 0.5) is 0 Å². The number of fused-ring (bicyclic) bond motifs is 1. The molecule has 3 rings (SSSR count). The lowest BCUT2D eigenvalue weighted by atomic mass is 10.0. The van der Waals surface area contributed by atoms with Crippen LogP contribution in [0.1, 0.15) is 45.2 Å². The van der Waals surface area contributed by atoms with Gasteiger partial charge in [-0.15, -0.1) is 0 Å². The van der Waals surface area contributed by atoms with Crippen LogP contribution in [-0.4, -0.2) is 17.9 Å². The molecule has 0 unspecified atom stereocenters. The number of esters is 1. The third-order valence-electron chi connectivity index (χ3n) is 4.20. The van der Waals surface area contributed by atoms with Gasteiger partial charge in [0.1, 0.15) is 0 Å². The highest BCUT2D eigenvalue weighted by Gasteiger charge is 2.24. The van der Waals surface area contributed by atoms with Gasteiger partial charge in [-0.25, -0.2) is 4.79 Å². The Labute approximate surface area is 150 Å². The summed E-state index contributed by atoms with van der Waals surface area (Å²) in [7, 11) is 0. The van der Waals surface area contributed by atoms with E-state index in [-0.39, 0.29) is 21.4 Å². The van der Waals surface area contributed by atoms with Crippen molar-refractivity contribution in [1.82, 2.24) is 0 Å². The fraction of sp³-hybridized carbons (Fsp3) is 0.263. The second kappa shape index (κ2) is 6.96. The fourth-order valence-electron chi connectivity index (χ4n) is 2.93. The molecule has 0 fully saturated rings. The van der Waals surface area contributed by atoms with Crippen LogP contribution in [0.2, 0.25) is 10.0 Å². The van der Waals surface area contributed by atoms with Crippen molar-refractivity contribution in [3.63, 3.8) is 0 Å². The summed E-state index contributed by atoms with van der Waals surface area (Å²) in [6.07, 6.45) is 2.24. The lowest BCUT2D eigenvalue weighted by molar-refractivity contribution is 0.0319. The maximum atomic E-state index is 12.5. The number of rotatable bonds is 4. The summed E-state index contributed by atoms with van der Waals surface area (Å²) in [5.74, 6) is -0.936. The number of halogens is 2. The highest BCUT2D eigenvalue weighted by molar-refractivity contribution is 6.39. The van der Waals surface area contributed by atoms with E-state index in [2.05, 4.69) is 0 Å². The van der Waals surface area contributed by atoms with Gasteiger partial charge >= 0.3 is 5.97 Å². The minimum absolute atomic E-state index is 0.0782. The zero-order valence-electron chi connectivity index (χ0n) is 13.1. The van der Waals surface area contributed by atoms with Crippen molar-refractivity contribution in [3.05, 3.63) is 68.7 Å². The molecule has 2 aromatic rings. The van der Waals surface area contributed by atoms with Crippen molar-refractivity contribution in [2.45, 2.75) is 32.3 Å². The fourth-order valence-corrected chi connectivity index (χ4v) is 3.48. The molecule has 0 heterocycles. The van der Waals surface area contributed by atoms with Gasteiger partial charge in [-0.2, -0.15) is 0 Å². The smallest absolute Gasteiger partial charge is 0.341 e. The van der Waals surface area contributed by atoms with Crippen molar-refractivity contribution in [1.29, 1.82) is 0 Å². The van der Waals surface area contributed by atoms with Crippen molar-refractivity contribution < 1.29 is 14.3 Å². The molecule has 0 aromatic heterocycles. The van der Waals surface area contributed by atoms with Gasteiger partial charge < -0.3 is 4.74 Å². The SMILES string of the molecule is C[C@H](OC(=O)c1c(Cl)cccc1Cl)C(=O)c1ccc2c(c1)CCC2. The van der Waals surface area contributed by atoms with Crippen LogP contribution in [0.25, 0.3) is 0 Å². The van der Waals surface area contributed by atoms with E-state index in [0.29, 0.717) is 5.56 Å². The highest BCUT2D eigenvalue weighted by atomic mass is 35.5.